The molecule has 0 aromatic rings. The minimum Gasteiger partial charge on any atom is -0.466 e. The normalized spacial score (nSPS) is 8.83. The topological polar surface area (TPSA) is 46.5 Å². The molecule has 0 aromatic heterocycles. The lowest BCUT2D eigenvalue weighted by Crippen LogP contribution is -1.99. The molecule has 3 nitrogen and oxygen atoms in total. The molecule has 0 aromatic carbocycles. The first kappa shape index (κ1) is 14.0. The maximum Gasteiger partial charge on any atom is 0.302 e. The van der Waals surface area contributed by atoms with Crippen LogP contribution in [0.5, 0.6) is 0 Å². The van der Waals surface area contributed by atoms with E-state index in [0.29, 0.717) is 6.61 Å². The molecule has 0 bridgehead atoms. The Morgan fingerprint density at radius 3 is 1.75 bits per heavy atom. The quantitative estimate of drug-likeness (QED) is 0.666. The minimum atomic E-state index is -0.211. The Morgan fingerprint density at radius 1 is 1.33 bits per heavy atom. The van der Waals surface area contributed by atoms with Crippen molar-refractivity contribution in [3.05, 3.63) is 0 Å². The summed E-state index contributed by atoms with van der Waals surface area (Å²) >= 11 is 0. The van der Waals surface area contributed by atoms with Gasteiger partial charge in [-0.25, -0.2) is 0 Å². The van der Waals surface area contributed by atoms with Gasteiger partial charge in [-0.1, -0.05) is 13.8 Å². The zero-order chi connectivity index (χ0) is 9.98. The van der Waals surface area contributed by atoms with Crippen LogP contribution >= 0.6 is 0 Å². The number of aliphatic hydroxyl groups excluding tert-OH is 1. The van der Waals surface area contributed by atoms with E-state index in [1.807, 2.05) is 13.8 Å². The predicted molar refractivity (Wildman–Crippen MR) is 48.9 cm³/mol. The van der Waals surface area contributed by atoms with Crippen molar-refractivity contribution in [1.82, 2.24) is 0 Å². The molecule has 0 saturated heterocycles. The molecule has 0 aliphatic heterocycles. The van der Waals surface area contributed by atoms with E-state index in [1.165, 1.54) is 6.92 Å². The highest BCUT2D eigenvalue weighted by Gasteiger charge is 1.90. The molecule has 3 heteroatoms. The van der Waals surface area contributed by atoms with Crippen LogP contribution in [-0.4, -0.2) is 23.8 Å². The highest BCUT2D eigenvalue weighted by Crippen LogP contribution is 1.91. The van der Waals surface area contributed by atoms with Crippen LogP contribution in [0.4, 0.5) is 0 Å². The second kappa shape index (κ2) is 10.4. The molecule has 0 fully saturated rings. The number of carbonyl (C=O) groups is 1. The van der Waals surface area contributed by atoms with E-state index >= 15 is 0 Å². The number of carbonyl (C=O) groups excluding carboxylic acids is 1. The van der Waals surface area contributed by atoms with Gasteiger partial charge in [0.1, 0.15) is 0 Å². The molecule has 0 atom stereocenters. The molecule has 0 aliphatic rings. The van der Waals surface area contributed by atoms with E-state index in [4.69, 9.17) is 5.11 Å². The van der Waals surface area contributed by atoms with Crippen LogP contribution in [0.3, 0.4) is 0 Å². The Morgan fingerprint density at radius 2 is 1.75 bits per heavy atom. The summed E-state index contributed by atoms with van der Waals surface area (Å²) in [4.78, 5) is 9.82. The van der Waals surface area contributed by atoms with Gasteiger partial charge in [0.15, 0.2) is 0 Å². The van der Waals surface area contributed by atoms with Gasteiger partial charge >= 0.3 is 5.97 Å². The van der Waals surface area contributed by atoms with Crippen molar-refractivity contribution < 1.29 is 14.6 Å². The Bertz CT molecular complexity index is 97.9. The van der Waals surface area contributed by atoms with Gasteiger partial charge in [-0.3, -0.25) is 4.79 Å². The van der Waals surface area contributed by atoms with E-state index in [9.17, 15) is 4.79 Å². The SMILES string of the molecule is CCC(O)CC.CCOC(C)=O. The van der Waals surface area contributed by atoms with Crippen LogP contribution in [0, 0.1) is 0 Å². The van der Waals surface area contributed by atoms with Crippen molar-refractivity contribution in [2.75, 3.05) is 6.61 Å². The third-order valence-electron chi connectivity index (χ3n) is 1.29. The Hall–Kier alpha value is -0.570. The molecule has 0 saturated carbocycles. The number of rotatable bonds is 3. The van der Waals surface area contributed by atoms with Crippen LogP contribution in [0.1, 0.15) is 40.5 Å². The fraction of sp³-hybridized carbons (Fsp3) is 0.889. The van der Waals surface area contributed by atoms with E-state index in [-0.39, 0.29) is 12.1 Å². The fourth-order valence-electron chi connectivity index (χ4n) is 0.492. The van der Waals surface area contributed by atoms with Crippen LogP contribution < -0.4 is 0 Å². The maximum atomic E-state index is 9.82. The number of esters is 1. The Labute approximate surface area is 74.7 Å². The van der Waals surface area contributed by atoms with Crippen molar-refractivity contribution in [1.29, 1.82) is 0 Å². The van der Waals surface area contributed by atoms with Gasteiger partial charge in [-0.2, -0.15) is 0 Å². The average molecular weight is 176 g/mol. The standard InChI is InChI=1S/C5H12O.C4H8O2/c1-3-5(6)4-2;1-3-6-4(2)5/h5-6H,3-4H2,1-2H3;3H2,1-2H3. The number of hydrogen-bond donors (Lipinski definition) is 1. The van der Waals surface area contributed by atoms with Gasteiger partial charge in [-0.05, 0) is 19.8 Å². The lowest BCUT2D eigenvalue weighted by atomic mass is 10.2. The van der Waals surface area contributed by atoms with Crippen LogP contribution in [0.2, 0.25) is 0 Å². The first-order valence-corrected chi connectivity index (χ1v) is 4.39. The monoisotopic (exact) mass is 176 g/mol. The highest BCUT2D eigenvalue weighted by molar-refractivity contribution is 5.65. The predicted octanol–water partition coefficient (Wildman–Crippen LogP) is 1.74. The zero-order valence-electron chi connectivity index (χ0n) is 8.46. The van der Waals surface area contributed by atoms with Gasteiger partial charge in [0.2, 0.25) is 0 Å². The van der Waals surface area contributed by atoms with Crippen LogP contribution in [0.15, 0.2) is 0 Å². The third kappa shape index (κ3) is 16.2. The summed E-state index contributed by atoms with van der Waals surface area (Å²) in [7, 11) is 0. The second-order valence-corrected chi connectivity index (χ2v) is 2.39. The van der Waals surface area contributed by atoms with Gasteiger partial charge in [0.05, 0.1) is 12.7 Å². The Kier molecular flexibility index (Phi) is 12.2. The van der Waals surface area contributed by atoms with Crippen molar-refractivity contribution in [3.8, 4) is 0 Å². The third-order valence-corrected chi connectivity index (χ3v) is 1.29. The van der Waals surface area contributed by atoms with Gasteiger partial charge in [-0.15, -0.1) is 0 Å². The molecule has 0 unspecified atom stereocenters. The van der Waals surface area contributed by atoms with Gasteiger partial charge in [0.25, 0.3) is 0 Å². The molecule has 12 heavy (non-hydrogen) atoms. The molecule has 0 aliphatic carbocycles. The molecular formula is C9H20O3. The lowest BCUT2D eigenvalue weighted by molar-refractivity contribution is -0.140. The van der Waals surface area contributed by atoms with Crippen molar-refractivity contribution >= 4 is 5.97 Å². The summed E-state index contributed by atoms with van der Waals surface area (Å²) in [6.07, 6.45) is 1.71. The molecule has 0 spiro atoms. The average Bonchev–Trinajstić information content (AvgIpc) is 2.04. The molecule has 1 N–H and O–H groups in total. The van der Waals surface area contributed by atoms with Crippen molar-refractivity contribution in [2.45, 2.75) is 46.6 Å². The zero-order valence-corrected chi connectivity index (χ0v) is 8.46. The number of hydrogen-bond acceptors (Lipinski definition) is 3. The fourth-order valence-corrected chi connectivity index (χ4v) is 0.492. The van der Waals surface area contributed by atoms with E-state index in [2.05, 4.69) is 4.74 Å². The number of aliphatic hydroxyl groups is 1. The maximum absolute atomic E-state index is 9.82. The molecule has 0 amide bonds. The second-order valence-electron chi connectivity index (χ2n) is 2.39. The molecular weight excluding hydrogens is 156 g/mol. The van der Waals surface area contributed by atoms with Gasteiger partial charge < -0.3 is 9.84 Å². The van der Waals surface area contributed by atoms with E-state index in [0.717, 1.165) is 12.8 Å². The summed E-state index contributed by atoms with van der Waals surface area (Å²) in [5.74, 6) is -0.211. The van der Waals surface area contributed by atoms with Crippen molar-refractivity contribution in [2.24, 2.45) is 0 Å². The first-order chi connectivity index (χ1) is 5.58. The summed E-state index contributed by atoms with van der Waals surface area (Å²) < 4.78 is 4.40. The Balaban J connectivity index is 0. The highest BCUT2D eigenvalue weighted by atomic mass is 16.5. The van der Waals surface area contributed by atoms with E-state index < -0.39 is 0 Å². The molecule has 0 heterocycles. The van der Waals surface area contributed by atoms with Crippen LogP contribution in [0.25, 0.3) is 0 Å². The van der Waals surface area contributed by atoms with Gasteiger partial charge in [0, 0.05) is 6.92 Å². The van der Waals surface area contributed by atoms with Crippen molar-refractivity contribution in [3.63, 3.8) is 0 Å². The van der Waals surface area contributed by atoms with E-state index in [1.54, 1.807) is 6.92 Å². The smallest absolute Gasteiger partial charge is 0.302 e. The minimum absolute atomic E-state index is 0.0648. The van der Waals surface area contributed by atoms with Crippen LogP contribution in [-0.2, 0) is 9.53 Å². The summed E-state index contributed by atoms with van der Waals surface area (Å²) in [6.45, 7) is 7.61. The summed E-state index contributed by atoms with van der Waals surface area (Å²) in [5.41, 5.74) is 0. The first-order valence-electron chi connectivity index (χ1n) is 4.39. The molecule has 74 valence electrons. The summed E-state index contributed by atoms with van der Waals surface area (Å²) in [5, 5.41) is 8.67. The largest absolute Gasteiger partial charge is 0.466 e. The molecule has 0 rings (SSSR count). The summed E-state index contributed by atoms with van der Waals surface area (Å²) in [6, 6.07) is 0. The number of ether oxygens (including phenoxy) is 1. The lowest BCUT2D eigenvalue weighted by Gasteiger charge is -1.98. The molecule has 0 radical (unpaired) electrons.